The van der Waals surface area contributed by atoms with Crippen LogP contribution in [0.25, 0.3) is 0 Å². The minimum atomic E-state index is -0.254. The summed E-state index contributed by atoms with van der Waals surface area (Å²) in [5, 5.41) is 16.1. The van der Waals surface area contributed by atoms with Crippen molar-refractivity contribution in [3.8, 4) is 0 Å². The van der Waals surface area contributed by atoms with Crippen molar-refractivity contribution in [1.82, 2.24) is 10.6 Å². The summed E-state index contributed by atoms with van der Waals surface area (Å²) in [4.78, 5) is 6.56. The summed E-state index contributed by atoms with van der Waals surface area (Å²) >= 11 is 0. The summed E-state index contributed by atoms with van der Waals surface area (Å²) in [5.74, 6) is 1.19. The Kier molecular flexibility index (Phi) is 11.0. The van der Waals surface area contributed by atoms with E-state index in [9.17, 15) is 9.50 Å². The van der Waals surface area contributed by atoms with E-state index < -0.39 is 0 Å². The lowest BCUT2D eigenvalue weighted by Crippen LogP contribution is -2.38. The third-order valence-electron chi connectivity index (χ3n) is 4.60. The van der Waals surface area contributed by atoms with Gasteiger partial charge in [-0.1, -0.05) is 19.9 Å². The van der Waals surface area contributed by atoms with Gasteiger partial charge in [0.2, 0.25) is 0 Å². The van der Waals surface area contributed by atoms with Crippen LogP contribution in [-0.4, -0.2) is 43.3 Å². The molecule has 1 heterocycles. The van der Waals surface area contributed by atoms with Gasteiger partial charge < -0.3 is 20.6 Å². The fourth-order valence-electron chi connectivity index (χ4n) is 3.00. The topological polar surface area (TPSA) is 59.9 Å². The maximum absolute atomic E-state index is 14.5. The number of halogens is 2. The molecule has 0 atom stereocenters. The van der Waals surface area contributed by atoms with E-state index in [0.717, 1.165) is 31.0 Å². The second kappa shape index (κ2) is 12.4. The van der Waals surface area contributed by atoms with Crippen molar-refractivity contribution in [1.29, 1.82) is 0 Å². The zero-order valence-electron chi connectivity index (χ0n) is 16.7. The van der Waals surface area contributed by atoms with E-state index in [-0.39, 0.29) is 35.9 Å². The van der Waals surface area contributed by atoms with Crippen LogP contribution in [-0.2, 0) is 6.54 Å². The van der Waals surface area contributed by atoms with Crippen LogP contribution in [0.1, 0.15) is 45.6 Å². The standard InChI is InChI=1S/C20H33FN4O.HI/c1-4-22-20(23-10-7-15(2)3)24-14-16-5-6-19(18(21)13-16)25-11-8-17(26)9-12-25;/h5-6,13,15,17,26H,4,7-12,14H2,1-3H3,(H2,22,23,24);1H. The molecule has 5 nitrogen and oxygen atoms in total. The van der Waals surface area contributed by atoms with E-state index in [1.807, 2.05) is 24.0 Å². The molecule has 0 amide bonds. The summed E-state index contributed by atoms with van der Waals surface area (Å²) in [6.07, 6.45) is 2.22. The lowest BCUT2D eigenvalue weighted by atomic mass is 10.1. The lowest BCUT2D eigenvalue weighted by molar-refractivity contribution is 0.145. The van der Waals surface area contributed by atoms with Gasteiger partial charge in [0, 0.05) is 26.2 Å². The molecule has 3 N–H and O–H groups in total. The summed E-state index contributed by atoms with van der Waals surface area (Å²) in [5.41, 5.74) is 1.47. The molecule has 7 heteroatoms. The van der Waals surface area contributed by atoms with E-state index in [1.54, 1.807) is 6.07 Å². The molecule has 2 rings (SSSR count). The molecule has 1 fully saturated rings. The minimum Gasteiger partial charge on any atom is -0.393 e. The first kappa shape index (κ1) is 23.9. The fourth-order valence-corrected chi connectivity index (χ4v) is 3.00. The Morgan fingerprint density at radius 1 is 1.30 bits per heavy atom. The third kappa shape index (κ3) is 8.21. The smallest absolute Gasteiger partial charge is 0.191 e. The normalized spacial score (nSPS) is 15.6. The van der Waals surface area contributed by atoms with Gasteiger partial charge in [-0.15, -0.1) is 24.0 Å². The number of rotatable bonds is 7. The SMILES string of the molecule is CCNC(=NCc1ccc(N2CCC(O)CC2)c(F)c1)NCCC(C)C.I. The van der Waals surface area contributed by atoms with E-state index in [2.05, 4.69) is 29.5 Å². The number of nitrogens with one attached hydrogen (secondary N) is 2. The first-order valence-electron chi connectivity index (χ1n) is 9.73. The first-order valence-corrected chi connectivity index (χ1v) is 9.73. The molecule has 0 spiro atoms. The molecular weight excluding hydrogens is 458 g/mol. The van der Waals surface area contributed by atoms with E-state index in [0.29, 0.717) is 44.1 Å². The highest BCUT2D eigenvalue weighted by atomic mass is 127. The fraction of sp³-hybridized carbons (Fsp3) is 0.650. The number of hydrogen-bond acceptors (Lipinski definition) is 3. The van der Waals surface area contributed by atoms with Gasteiger partial charge >= 0.3 is 0 Å². The van der Waals surface area contributed by atoms with Crippen LogP contribution in [0.15, 0.2) is 23.2 Å². The van der Waals surface area contributed by atoms with Gasteiger partial charge in [-0.3, -0.25) is 0 Å². The Morgan fingerprint density at radius 3 is 2.59 bits per heavy atom. The number of benzene rings is 1. The number of nitrogens with zero attached hydrogens (tertiary/aromatic N) is 2. The molecular formula is C20H34FIN4O. The van der Waals surface area contributed by atoms with Crippen molar-refractivity contribution >= 4 is 35.6 Å². The number of piperidine rings is 1. The number of aliphatic imine (C=N–C) groups is 1. The molecule has 1 aliphatic heterocycles. The van der Waals surface area contributed by atoms with Gasteiger partial charge in [0.05, 0.1) is 18.3 Å². The predicted octanol–water partition coefficient (Wildman–Crippen LogP) is 3.51. The van der Waals surface area contributed by atoms with Crippen LogP contribution in [0.3, 0.4) is 0 Å². The zero-order chi connectivity index (χ0) is 18.9. The molecule has 1 saturated heterocycles. The highest BCUT2D eigenvalue weighted by Gasteiger charge is 2.19. The lowest BCUT2D eigenvalue weighted by Gasteiger charge is -2.31. The van der Waals surface area contributed by atoms with Gasteiger partial charge in [-0.25, -0.2) is 9.38 Å². The second-order valence-corrected chi connectivity index (χ2v) is 7.31. The van der Waals surface area contributed by atoms with E-state index >= 15 is 0 Å². The van der Waals surface area contributed by atoms with Crippen molar-refractivity contribution in [2.45, 2.75) is 52.7 Å². The van der Waals surface area contributed by atoms with Crippen molar-refractivity contribution in [2.24, 2.45) is 10.9 Å². The van der Waals surface area contributed by atoms with Crippen LogP contribution >= 0.6 is 24.0 Å². The molecule has 1 aromatic rings. The molecule has 0 aliphatic carbocycles. The van der Waals surface area contributed by atoms with Gasteiger partial charge in [0.25, 0.3) is 0 Å². The monoisotopic (exact) mass is 492 g/mol. The van der Waals surface area contributed by atoms with Crippen LogP contribution < -0.4 is 15.5 Å². The molecule has 1 aliphatic rings. The van der Waals surface area contributed by atoms with Crippen molar-refractivity contribution < 1.29 is 9.50 Å². The zero-order valence-corrected chi connectivity index (χ0v) is 19.0. The summed E-state index contributed by atoms with van der Waals surface area (Å²) in [6.45, 7) is 9.91. The minimum absolute atomic E-state index is 0. The summed E-state index contributed by atoms with van der Waals surface area (Å²) in [6, 6.07) is 5.34. The molecule has 1 aromatic carbocycles. The van der Waals surface area contributed by atoms with Gasteiger partial charge in [0.15, 0.2) is 5.96 Å². The Bertz CT molecular complexity index is 589. The first-order chi connectivity index (χ1) is 12.5. The Labute approximate surface area is 179 Å². The van der Waals surface area contributed by atoms with Gasteiger partial charge in [0.1, 0.15) is 5.82 Å². The Morgan fingerprint density at radius 2 is 2.00 bits per heavy atom. The van der Waals surface area contributed by atoms with Crippen molar-refractivity contribution in [3.05, 3.63) is 29.6 Å². The van der Waals surface area contributed by atoms with Crippen LogP contribution in [0.5, 0.6) is 0 Å². The molecule has 0 unspecified atom stereocenters. The number of aliphatic hydroxyl groups excluding tert-OH is 1. The molecule has 0 radical (unpaired) electrons. The highest BCUT2D eigenvalue weighted by molar-refractivity contribution is 14.0. The third-order valence-corrected chi connectivity index (χ3v) is 4.60. The Hall–Kier alpha value is -1.09. The van der Waals surface area contributed by atoms with Crippen molar-refractivity contribution in [2.75, 3.05) is 31.1 Å². The van der Waals surface area contributed by atoms with Gasteiger partial charge in [-0.05, 0) is 49.8 Å². The largest absolute Gasteiger partial charge is 0.393 e. The summed E-state index contributed by atoms with van der Waals surface area (Å²) < 4.78 is 14.5. The van der Waals surface area contributed by atoms with Crippen LogP contribution in [0.2, 0.25) is 0 Å². The average Bonchev–Trinajstić information content (AvgIpc) is 2.60. The number of aliphatic hydroxyl groups is 1. The number of anilines is 1. The maximum Gasteiger partial charge on any atom is 0.191 e. The van der Waals surface area contributed by atoms with E-state index in [1.165, 1.54) is 0 Å². The second-order valence-electron chi connectivity index (χ2n) is 7.31. The molecule has 27 heavy (non-hydrogen) atoms. The van der Waals surface area contributed by atoms with Crippen molar-refractivity contribution in [3.63, 3.8) is 0 Å². The molecule has 0 saturated carbocycles. The Balaban J connectivity index is 0.00000364. The quantitative estimate of drug-likeness (QED) is 0.310. The predicted molar refractivity (Wildman–Crippen MR) is 122 cm³/mol. The van der Waals surface area contributed by atoms with Gasteiger partial charge in [-0.2, -0.15) is 0 Å². The van der Waals surface area contributed by atoms with Crippen LogP contribution in [0.4, 0.5) is 10.1 Å². The van der Waals surface area contributed by atoms with E-state index in [4.69, 9.17) is 0 Å². The molecule has 0 bridgehead atoms. The molecule has 154 valence electrons. The average molecular weight is 492 g/mol. The summed E-state index contributed by atoms with van der Waals surface area (Å²) in [7, 11) is 0. The van der Waals surface area contributed by atoms with Crippen LogP contribution in [0, 0.1) is 11.7 Å². The molecule has 0 aromatic heterocycles. The highest BCUT2D eigenvalue weighted by Crippen LogP contribution is 2.24. The number of hydrogen-bond donors (Lipinski definition) is 3. The maximum atomic E-state index is 14.5. The number of guanidine groups is 1.